The van der Waals surface area contributed by atoms with Gasteiger partial charge < -0.3 is 29.9 Å². The predicted molar refractivity (Wildman–Crippen MR) is 131 cm³/mol. The molecule has 0 atom stereocenters. The van der Waals surface area contributed by atoms with Crippen LogP contribution in [0.4, 0.5) is 0 Å². The Balaban J connectivity index is 0.00000193. The van der Waals surface area contributed by atoms with Crippen LogP contribution in [-0.2, 0) is 27.1 Å². The van der Waals surface area contributed by atoms with Gasteiger partial charge in [-0.25, -0.2) is 0 Å². The molecule has 4 heteroatoms. The van der Waals surface area contributed by atoms with E-state index in [1.807, 2.05) is 12.1 Å². The first-order valence-electron chi connectivity index (χ1n) is 11.1. The first-order chi connectivity index (χ1) is 14.8. The first kappa shape index (κ1) is 30.3. The summed E-state index contributed by atoms with van der Waals surface area (Å²) < 4.78 is 0. The Morgan fingerprint density at radius 1 is 0.676 bits per heavy atom. The van der Waals surface area contributed by atoms with Gasteiger partial charge in [0.25, 0.3) is 0 Å². The average Bonchev–Trinajstić information content (AvgIpc) is 2.98. The van der Waals surface area contributed by atoms with Gasteiger partial charge in [-0.15, -0.1) is 0 Å². The minimum Gasteiger partial charge on any atom is -1.00 e. The molecule has 1 aliphatic rings. The maximum absolute atomic E-state index is 11.8. The number of aromatic hydroxyl groups is 1. The molecule has 1 aliphatic carbocycles. The van der Waals surface area contributed by atoms with Gasteiger partial charge in [0.2, 0.25) is 0 Å². The van der Waals surface area contributed by atoms with Crippen LogP contribution < -0.4 is 24.8 Å². The van der Waals surface area contributed by atoms with E-state index in [2.05, 4.69) is 102 Å². The van der Waals surface area contributed by atoms with Crippen LogP contribution in [0.1, 0.15) is 68.4 Å². The molecule has 34 heavy (non-hydrogen) atoms. The van der Waals surface area contributed by atoms with E-state index in [1.54, 1.807) is 0 Å². The van der Waals surface area contributed by atoms with Crippen molar-refractivity contribution in [1.29, 1.82) is 0 Å². The van der Waals surface area contributed by atoms with E-state index in [4.69, 9.17) is 0 Å². The van der Waals surface area contributed by atoms with E-state index in [-0.39, 0.29) is 52.4 Å². The van der Waals surface area contributed by atoms with Crippen molar-refractivity contribution in [3.05, 3.63) is 123 Å². The summed E-state index contributed by atoms with van der Waals surface area (Å²) in [6.07, 6.45) is 0. The maximum atomic E-state index is 11.8. The van der Waals surface area contributed by atoms with Gasteiger partial charge in [0.05, 0.1) is 0 Å². The standard InChI is InChI=1S/C30H32O.2ClH.Ti/c1-19-17-26(28-22(4)20(2)21(3)23(28)5)29(31)27(18-19)30(6,24-13-9-7-10-14-24)25-15-11-8-12-16-25;;;/h7-18,28,31H,1-6H3;2*1H;/q;;;+2/p-2. The molecule has 0 heterocycles. The van der Waals surface area contributed by atoms with Gasteiger partial charge in [-0.05, 0) is 63.8 Å². The topological polar surface area (TPSA) is 20.2 Å². The van der Waals surface area contributed by atoms with Gasteiger partial charge in [-0.3, -0.25) is 0 Å². The molecule has 4 rings (SSSR count). The zero-order valence-corrected chi connectivity index (χ0v) is 23.8. The minimum atomic E-state index is -0.467. The van der Waals surface area contributed by atoms with Crippen LogP contribution >= 0.6 is 0 Å². The number of hydrogen-bond donors (Lipinski definition) is 1. The fourth-order valence-corrected chi connectivity index (χ4v) is 5.24. The minimum absolute atomic E-state index is 0. The second-order valence-corrected chi connectivity index (χ2v) is 9.16. The number of allylic oxidation sites excluding steroid dienone is 4. The third-order valence-corrected chi connectivity index (χ3v) is 7.45. The Kier molecular flexibility index (Phi) is 10.5. The van der Waals surface area contributed by atoms with Crippen molar-refractivity contribution in [2.75, 3.05) is 0 Å². The Hall–Kier alpha value is -1.77. The fraction of sp³-hybridized carbons (Fsp3) is 0.267. The molecule has 1 N–H and O–H groups in total. The molecular weight excluding hydrogens is 495 g/mol. The summed E-state index contributed by atoms with van der Waals surface area (Å²) in [6.45, 7) is 13.2. The second-order valence-electron chi connectivity index (χ2n) is 9.16. The number of aryl methyl sites for hydroxylation is 1. The molecule has 0 radical (unpaired) electrons. The average molecular weight is 527 g/mol. The van der Waals surface area contributed by atoms with Crippen molar-refractivity contribution in [3.8, 4) is 5.75 Å². The summed E-state index contributed by atoms with van der Waals surface area (Å²) in [5.74, 6) is 0.543. The normalized spacial score (nSPS) is 13.8. The van der Waals surface area contributed by atoms with E-state index in [0.717, 1.165) is 11.1 Å². The first-order valence-corrected chi connectivity index (χ1v) is 11.1. The molecule has 3 aromatic rings. The van der Waals surface area contributed by atoms with Gasteiger partial charge >= 0.3 is 21.7 Å². The van der Waals surface area contributed by atoms with Crippen LogP contribution in [0.2, 0.25) is 0 Å². The molecule has 0 aliphatic heterocycles. The van der Waals surface area contributed by atoms with Crippen LogP contribution in [0.25, 0.3) is 0 Å². The van der Waals surface area contributed by atoms with Crippen molar-refractivity contribution < 1.29 is 51.6 Å². The Labute approximate surface area is 232 Å². The van der Waals surface area contributed by atoms with Gasteiger partial charge in [0.15, 0.2) is 0 Å². The smallest absolute Gasteiger partial charge is 1.00 e. The Morgan fingerprint density at radius 3 is 1.50 bits per heavy atom. The van der Waals surface area contributed by atoms with Crippen LogP contribution in [0, 0.1) is 6.92 Å². The largest absolute Gasteiger partial charge is 2.00 e. The molecule has 3 aromatic carbocycles. The van der Waals surface area contributed by atoms with Crippen molar-refractivity contribution >= 4 is 0 Å². The number of phenols is 1. The third kappa shape index (κ3) is 4.95. The van der Waals surface area contributed by atoms with Gasteiger partial charge in [-0.2, -0.15) is 0 Å². The predicted octanol–water partition coefficient (Wildman–Crippen LogP) is 1.83. The molecule has 1 nitrogen and oxygen atoms in total. The quantitative estimate of drug-likeness (QED) is 0.406. The molecular formula is C30H32Cl2OTi. The second kappa shape index (κ2) is 11.8. The molecule has 0 aromatic heterocycles. The van der Waals surface area contributed by atoms with Crippen LogP contribution in [-0.4, -0.2) is 5.11 Å². The zero-order chi connectivity index (χ0) is 22.3. The van der Waals surface area contributed by atoms with Crippen LogP contribution in [0.15, 0.2) is 95.1 Å². The maximum Gasteiger partial charge on any atom is 2.00 e. The number of benzene rings is 3. The van der Waals surface area contributed by atoms with Gasteiger partial charge in [0.1, 0.15) is 5.75 Å². The SMILES string of the molecule is CC1=C(C)C(c2cc(C)cc(C(C)(c3ccccc3)c3ccccc3)c2O)C(C)=C1C.[Cl-].[Cl-].[Ti+2]. The Bertz CT molecular complexity index is 1130. The summed E-state index contributed by atoms with van der Waals surface area (Å²) in [5, 5.41) is 11.8. The number of phenolic OH excluding ortho intramolecular Hbond substituents is 1. The van der Waals surface area contributed by atoms with Crippen molar-refractivity contribution in [3.63, 3.8) is 0 Å². The Morgan fingerprint density at radius 2 is 1.09 bits per heavy atom. The zero-order valence-electron chi connectivity index (χ0n) is 20.7. The van der Waals surface area contributed by atoms with E-state index < -0.39 is 5.41 Å². The van der Waals surface area contributed by atoms with Crippen LogP contribution in [0.3, 0.4) is 0 Å². The molecule has 176 valence electrons. The third-order valence-electron chi connectivity index (χ3n) is 7.45. The monoisotopic (exact) mass is 526 g/mol. The molecule has 0 saturated heterocycles. The van der Waals surface area contributed by atoms with E-state index in [1.165, 1.54) is 39.0 Å². The molecule has 0 saturated carbocycles. The molecule has 0 spiro atoms. The number of hydrogen-bond acceptors (Lipinski definition) is 1. The van der Waals surface area contributed by atoms with E-state index >= 15 is 0 Å². The molecule has 0 fully saturated rings. The summed E-state index contributed by atoms with van der Waals surface area (Å²) in [6, 6.07) is 25.4. The summed E-state index contributed by atoms with van der Waals surface area (Å²) in [7, 11) is 0. The molecule has 0 amide bonds. The number of halogens is 2. The summed E-state index contributed by atoms with van der Waals surface area (Å²) in [5.41, 5.74) is 10.4. The van der Waals surface area contributed by atoms with Crippen molar-refractivity contribution in [2.24, 2.45) is 0 Å². The van der Waals surface area contributed by atoms with Gasteiger partial charge in [0, 0.05) is 22.5 Å². The van der Waals surface area contributed by atoms with E-state index in [9.17, 15) is 5.11 Å². The fourth-order valence-electron chi connectivity index (χ4n) is 5.24. The van der Waals surface area contributed by atoms with E-state index in [0.29, 0.717) is 5.75 Å². The van der Waals surface area contributed by atoms with Gasteiger partial charge in [-0.1, -0.05) is 89.5 Å². The van der Waals surface area contributed by atoms with Crippen LogP contribution in [0.5, 0.6) is 5.75 Å². The summed E-state index contributed by atoms with van der Waals surface area (Å²) >= 11 is 0. The van der Waals surface area contributed by atoms with Crippen molar-refractivity contribution in [2.45, 2.75) is 52.9 Å². The molecule has 0 bridgehead atoms. The van der Waals surface area contributed by atoms with Crippen molar-refractivity contribution in [1.82, 2.24) is 0 Å². The summed E-state index contributed by atoms with van der Waals surface area (Å²) in [4.78, 5) is 0. The molecule has 0 unspecified atom stereocenters. The number of rotatable bonds is 4.